The number of aliphatic hydroxyl groups excluding tert-OH is 1. The van der Waals surface area contributed by atoms with Gasteiger partial charge in [-0.25, -0.2) is 0 Å². The first-order valence-electron chi connectivity index (χ1n) is 13.2. The summed E-state index contributed by atoms with van der Waals surface area (Å²) in [4.78, 5) is 5.19. The Morgan fingerprint density at radius 1 is 1.11 bits per heavy atom. The Bertz CT molecular complexity index is 1150. The number of hydrogen-bond donors (Lipinski definition) is 1. The molecule has 2 aromatic rings. The van der Waals surface area contributed by atoms with Gasteiger partial charge in [-0.1, -0.05) is 53.2 Å². The van der Waals surface area contributed by atoms with Gasteiger partial charge in [-0.2, -0.15) is 13.2 Å². The maximum atomic E-state index is 13.1. The number of fused-ring (bicyclic) bond motifs is 1. The fourth-order valence-electron chi connectivity index (χ4n) is 5.45. The second kappa shape index (κ2) is 9.89. The third-order valence-electron chi connectivity index (χ3n) is 8.83. The van der Waals surface area contributed by atoms with E-state index in [0.717, 1.165) is 45.5 Å². The third kappa shape index (κ3) is 5.54. The highest BCUT2D eigenvalue weighted by Crippen LogP contribution is 2.57. The van der Waals surface area contributed by atoms with Crippen LogP contribution in [0.2, 0.25) is 18.1 Å². The minimum atomic E-state index is -4.42. The lowest BCUT2D eigenvalue weighted by Crippen LogP contribution is -2.46. The molecule has 0 amide bonds. The highest BCUT2D eigenvalue weighted by atomic mass is 127. The van der Waals surface area contributed by atoms with Crippen molar-refractivity contribution in [1.82, 2.24) is 4.98 Å². The summed E-state index contributed by atoms with van der Waals surface area (Å²) in [5.41, 5.74) is 3.61. The summed E-state index contributed by atoms with van der Waals surface area (Å²) in [7, 11) is -2.10. The summed E-state index contributed by atoms with van der Waals surface area (Å²) in [5.74, 6) is 0.0527. The maximum Gasteiger partial charge on any atom is 0.416 e. The largest absolute Gasteiger partial charge is 0.416 e. The molecule has 1 N–H and O–H groups in total. The predicted octanol–water partition coefficient (Wildman–Crippen LogP) is 9.09. The molecule has 2 aliphatic carbocycles. The Morgan fingerprint density at radius 2 is 1.70 bits per heavy atom. The van der Waals surface area contributed by atoms with Gasteiger partial charge in [0.1, 0.15) is 6.10 Å². The maximum absolute atomic E-state index is 13.1. The molecule has 0 saturated heterocycles. The van der Waals surface area contributed by atoms with Gasteiger partial charge in [0.25, 0.3) is 0 Å². The van der Waals surface area contributed by atoms with Crippen LogP contribution in [-0.2, 0) is 17.0 Å². The van der Waals surface area contributed by atoms with Gasteiger partial charge >= 0.3 is 6.18 Å². The molecule has 1 spiro atoms. The normalized spacial score (nSPS) is 20.6. The molecule has 1 saturated carbocycles. The van der Waals surface area contributed by atoms with Crippen molar-refractivity contribution in [3.8, 4) is 0 Å². The zero-order valence-electron chi connectivity index (χ0n) is 22.9. The van der Waals surface area contributed by atoms with Gasteiger partial charge in [0.2, 0.25) is 0 Å². The van der Waals surface area contributed by atoms with E-state index in [-0.39, 0.29) is 22.5 Å². The lowest BCUT2D eigenvalue weighted by molar-refractivity contribution is -0.137. The monoisotopic (exact) mass is 645 g/mol. The molecule has 37 heavy (non-hydrogen) atoms. The molecule has 1 unspecified atom stereocenters. The van der Waals surface area contributed by atoms with E-state index in [1.54, 1.807) is 0 Å². The number of alkyl halides is 3. The lowest BCUT2D eigenvalue weighted by atomic mass is 9.59. The molecule has 1 fully saturated rings. The molecule has 0 radical (unpaired) electrons. The number of rotatable bonds is 5. The van der Waals surface area contributed by atoms with Crippen molar-refractivity contribution in [3.05, 3.63) is 61.5 Å². The van der Waals surface area contributed by atoms with Crippen LogP contribution < -0.4 is 0 Å². The molecule has 4 rings (SSSR count). The first-order valence-corrected chi connectivity index (χ1v) is 17.2. The quantitative estimate of drug-likeness (QED) is 0.261. The van der Waals surface area contributed by atoms with Crippen molar-refractivity contribution < 1.29 is 22.7 Å². The smallest absolute Gasteiger partial charge is 0.410 e. The zero-order valence-corrected chi connectivity index (χ0v) is 26.0. The molecule has 1 aromatic heterocycles. The first-order chi connectivity index (χ1) is 17.0. The van der Waals surface area contributed by atoms with Crippen LogP contribution >= 0.6 is 22.6 Å². The van der Waals surface area contributed by atoms with E-state index < -0.39 is 26.2 Å². The summed E-state index contributed by atoms with van der Waals surface area (Å²) in [5, 5.41) is 11.6. The van der Waals surface area contributed by atoms with Crippen LogP contribution in [-0.4, -0.2) is 18.4 Å². The standard InChI is InChI=1S/C29H39F3INO2Si/c1-17(2)25-23(26(35)18-9-11-19(12-10-18)29(30,31)32)24(33)22-20(34-25)15-28(13-8-14-28)16-21(22)36-37(6,7)27(3,4)5/h9-12,17,21,26,35H,8,13-16H2,1-7H3/t21?,26-/m0/s1. The summed E-state index contributed by atoms with van der Waals surface area (Å²) in [6, 6.07) is 4.83. The Morgan fingerprint density at radius 3 is 2.16 bits per heavy atom. The molecular formula is C29H39F3INO2Si. The van der Waals surface area contributed by atoms with Gasteiger partial charge in [0.15, 0.2) is 8.32 Å². The molecule has 2 atom stereocenters. The Balaban J connectivity index is 1.84. The van der Waals surface area contributed by atoms with Crippen LogP contribution in [0, 0.1) is 8.99 Å². The average molecular weight is 646 g/mol. The van der Waals surface area contributed by atoms with Gasteiger partial charge in [-0.3, -0.25) is 4.98 Å². The first kappa shape index (κ1) is 29.0. The lowest BCUT2D eigenvalue weighted by Gasteiger charge is -2.50. The van der Waals surface area contributed by atoms with Crippen molar-refractivity contribution in [1.29, 1.82) is 0 Å². The summed E-state index contributed by atoms with van der Waals surface area (Å²) >= 11 is 2.33. The van der Waals surface area contributed by atoms with Crippen molar-refractivity contribution in [3.63, 3.8) is 0 Å². The third-order valence-corrected chi connectivity index (χ3v) is 14.5. The van der Waals surface area contributed by atoms with Crippen molar-refractivity contribution in [2.75, 3.05) is 0 Å². The molecule has 0 bridgehead atoms. The summed E-state index contributed by atoms with van der Waals surface area (Å²) in [6.07, 6.45) is -0.0836. The minimum absolute atomic E-state index is 0.0523. The van der Waals surface area contributed by atoms with Gasteiger partial charge < -0.3 is 9.53 Å². The fourth-order valence-corrected chi connectivity index (χ4v) is 7.94. The number of aromatic nitrogens is 1. The van der Waals surface area contributed by atoms with Crippen LogP contribution in [0.3, 0.4) is 0 Å². The van der Waals surface area contributed by atoms with Crippen molar-refractivity contribution in [2.24, 2.45) is 5.41 Å². The second-order valence-corrected chi connectivity index (χ2v) is 18.7. The van der Waals surface area contributed by atoms with E-state index in [1.165, 1.54) is 31.4 Å². The number of hydrogen-bond acceptors (Lipinski definition) is 3. The minimum Gasteiger partial charge on any atom is -0.410 e. The molecular weight excluding hydrogens is 606 g/mol. The zero-order chi connectivity index (χ0) is 27.6. The van der Waals surface area contributed by atoms with Gasteiger partial charge in [-0.05, 0) is 95.4 Å². The van der Waals surface area contributed by atoms with E-state index in [1.807, 2.05) is 0 Å². The molecule has 204 valence electrons. The van der Waals surface area contributed by atoms with Crippen LogP contribution in [0.15, 0.2) is 24.3 Å². The molecule has 1 heterocycles. The summed E-state index contributed by atoms with van der Waals surface area (Å²) in [6.45, 7) is 15.4. The number of benzene rings is 1. The molecule has 1 aromatic carbocycles. The Labute approximate surface area is 233 Å². The predicted molar refractivity (Wildman–Crippen MR) is 152 cm³/mol. The topological polar surface area (TPSA) is 42.4 Å². The molecule has 2 aliphatic rings. The Hall–Kier alpha value is -0.973. The van der Waals surface area contributed by atoms with E-state index in [9.17, 15) is 18.3 Å². The van der Waals surface area contributed by atoms with Crippen LogP contribution in [0.4, 0.5) is 13.2 Å². The summed E-state index contributed by atoms with van der Waals surface area (Å²) < 4.78 is 47.4. The van der Waals surface area contributed by atoms with E-state index >= 15 is 0 Å². The van der Waals surface area contributed by atoms with E-state index in [0.29, 0.717) is 11.1 Å². The second-order valence-electron chi connectivity index (χ2n) is 12.9. The van der Waals surface area contributed by atoms with Gasteiger partial charge in [0, 0.05) is 20.4 Å². The highest BCUT2D eigenvalue weighted by molar-refractivity contribution is 14.1. The highest BCUT2D eigenvalue weighted by Gasteiger charge is 2.49. The number of pyridine rings is 1. The number of aliphatic hydroxyl groups is 1. The van der Waals surface area contributed by atoms with Crippen molar-refractivity contribution >= 4 is 30.9 Å². The average Bonchev–Trinajstić information content (AvgIpc) is 2.75. The molecule has 3 nitrogen and oxygen atoms in total. The SMILES string of the molecule is CC(C)c1nc2c(c(I)c1[C@@H](O)c1ccc(C(F)(F)F)cc1)C(O[Si](C)(C)C(C)(C)C)CC1(CCC1)C2. The van der Waals surface area contributed by atoms with Gasteiger partial charge in [0.05, 0.1) is 17.4 Å². The van der Waals surface area contributed by atoms with Crippen molar-refractivity contribution in [2.45, 2.75) is 109 Å². The van der Waals surface area contributed by atoms with Crippen LogP contribution in [0.1, 0.15) is 112 Å². The Kier molecular flexibility index (Phi) is 7.76. The van der Waals surface area contributed by atoms with Crippen LogP contribution in [0.25, 0.3) is 0 Å². The van der Waals surface area contributed by atoms with E-state index in [2.05, 4.69) is 70.3 Å². The molecule has 8 heteroatoms. The fraction of sp³-hybridized carbons (Fsp3) is 0.621. The van der Waals surface area contributed by atoms with Crippen LogP contribution in [0.5, 0.6) is 0 Å². The van der Waals surface area contributed by atoms with E-state index in [4.69, 9.17) is 9.41 Å². The number of halogens is 4. The number of nitrogens with zero attached hydrogens (tertiary/aromatic N) is 1. The van der Waals surface area contributed by atoms with Gasteiger partial charge in [-0.15, -0.1) is 0 Å². The molecule has 0 aliphatic heterocycles.